The van der Waals surface area contributed by atoms with Crippen LogP contribution in [0.3, 0.4) is 0 Å². The number of nitrogen functional groups attached to an aromatic ring is 1. The van der Waals surface area contributed by atoms with E-state index in [-0.39, 0.29) is 18.4 Å². The number of hydrogen-bond donors (Lipinski definition) is 4. The normalized spacial score (nSPS) is 9.61. The molecule has 1 aromatic carbocycles. The number of guanidine groups is 1. The number of aromatic nitrogens is 1. The van der Waals surface area contributed by atoms with Crippen molar-refractivity contribution in [3.05, 3.63) is 30.0 Å². The summed E-state index contributed by atoms with van der Waals surface area (Å²) in [5.74, 6) is -0.113. The summed E-state index contributed by atoms with van der Waals surface area (Å²) in [5, 5.41) is 10.5. The third kappa shape index (κ3) is 3.12. The van der Waals surface area contributed by atoms with Gasteiger partial charge in [0.05, 0.1) is 10.6 Å². The smallest absolute Gasteiger partial charge is 0.192 e. The number of hydrogen-bond acceptors (Lipinski definition) is 4. The van der Waals surface area contributed by atoms with E-state index < -0.39 is 0 Å². The molecule has 0 atom stereocenters. The van der Waals surface area contributed by atoms with E-state index in [1.165, 1.54) is 11.3 Å². The van der Waals surface area contributed by atoms with Crippen molar-refractivity contribution in [2.75, 3.05) is 11.1 Å². The van der Waals surface area contributed by atoms with E-state index in [9.17, 15) is 0 Å². The standard InChI is InChI=1S/C11H13N5S.ClH/c1-6-9(7-3-2-4-8(12)5-7)17-11(15-6)16-10(13)14;/h2-5H,12H2,1H3,(H4,13,14,15,16);1H. The second kappa shape index (κ2) is 5.70. The second-order valence-corrected chi connectivity index (χ2v) is 4.60. The van der Waals surface area contributed by atoms with E-state index in [1.54, 1.807) is 0 Å². The van der Waals surface area contributed by atoms with Crippen LogP contribution in [0.4, 0.5) is 10.8 Å². The fraction of sp³-hybridized carbons (Fsp3) is 0.0909. The molecule has 0 aliphatic rings. The number of rotatable bonds is 2. The van der Waals surface area contributed by atoms with E-state index in [4.69, 9.17) is 16.9 Å². The molecule has 0 radical (unpaired) electrons. The molecule has 0 spiro atoms. The first-order valence-corrected chi connectivity index (χ1v) is 5.82. The predicted octanol–water partition coefficient (Wildman–Crippen LogP) is 2.43. The zero-order valence-electron chi connectivity index (χ0n) is 9.73. The van der Waals surface area contributed by atoms with Crippen molar-refractivity contribution in [3.8, 4) is 10.4 Å². The number of nitrogens with zero attached hydrogens (tertiary/aromatic N) is 1. The zero-order valence-corrected chi connectivity index (χ0v) is 11.4. The molecule has 18 heavy (non-hydrogen) atoms. The van der Waals surface area contributed by atoms with Gasteiger partial charge in [-0.3, -0.25) is 5.41 Å². The largest absolute Gasteiger partial charge is 0.399 e. The average Bonchev–Trinajstić information content (AvgIpc) is 2.58. The number of halogens is 1. The Bertz CT molecular complexity index is 566. The van der Waals surface area contributed by atoms with Crippen molar-refractivity contribution in [3.63, 3.8) is 0 Å². The molecule has 7 heteroatoms. The topological polar surface area (TPSA) is 101 Å². The molecule has 6 N–H and O–H groups in total. The lowest BCUT2D eigenvalue weighted by Crippen LogP contribution is -2.20. The number of nitrogens with two attached hydrogens (primary N) is 2. The molecule has 0 saturated heterocycles. The summed E-state index contributed by atoms with van der Waals surface area (Å²) in [5.41, 5.74) is 13.6. The van der Waals surface area contributed by atoms with Gasteiger partial charge < -0.3 is 16.8 Å². The number of anilines is 2. The monoisotopic (exact) mass is 283 g/mol. The first kappa shape index (κ1) is 14.3. The van der Waals surface area contributed by atoms with Crippen molar-refractivity contribution in [2.45, 2.75) is 6.92 Å². The van der Waals surface area contributed by atoms with Crippen LogP contribution in [0.5, 0.6) is 0 Å². The van der Waals surface area contributed by atoms with Crippen LogP contribution in [-0.4, -0.2) is 10.9 Å². The van der Waals surface area contributed by atoms with Gasteiger partial charge in [-0.25, -0.2) is 4.98 Å². The van der Waals surface area contributed by atoms with Gasteiger partial charge in [-0.15, -0.1) is 12.4 Å². The molecule has 0 aliphatic carbocycles. The van der Waals surface area contributed by atoms with Gasteiger partial charge in [0.15, 0.2) is 11.1 Å². The Kier molecular flexibility index (Phi) is 4.52. The van der Waals surface area contributed by atoms with Gasteiger partial charge in [0.25, 0.3) is 0 Å². The number of thiazole rings is 1. The molecule has 5 nitrogen and oxygen atoms in total. The minimum Gasteiger partial charge on any atom is -0.399 e. The van der Waals surface area contributed by atoms with E-state index >= 15 is 0 Å². The Balaban J connectivity index is 0.00000162. The van der Waals surface area contributed by atoms with Gasteiger partial charge in [-0.1, -0.05) is 23.5 Å². The molecule has 0 aliphatic heterocycles. The van der Waals surface area contributed by atoms with Gasteiger partial charge in [0.2, 0.25) is 0 Å². The van der Waals surface area contributed by atoms with Gasteiger partial charge in [0, 0.05) is 5.69 Å². The third-order valence-electron chi connectivity index (χ3n) is 2.19. The van der Waals surface area contributed by atoms with Gasteiger partial charge in [-0.05, 0) is 24.6 Å². The lowest BCUT2D eigenvalue weighted by molar-refractivity contribution is 1.26. The van der Waals surface area contributed by atoms with E-state index in [2.05, 4.69) is 10.3 Å². The average molecular weight is 284 g/mol. The fourth-order valence-electron chi connectivity index (χ4n) is 1.51. The van der Waals surface area contributed by atoms with Crippen LogP contribution in [0.25, 0.3) is 10.4 Å². The lowest BCUT2D eigenvalue weighted by atomic mass is 10.1. The summed E-state index contributed by atoms with van der Waals surface area (Å²) >= 11 is 1.45. The van der Waals surface area contributed by atoms with Crippen molar-refractivity contribution in [1.29, 1.82) is 5.41 Å². The summed E-state index contributed by atoms with van der Waals surface area (Å²) in [6.45, 7) is 1.92. The molecule has 0 amide bonds. The number of aryl methyl sites for hydroxylation is 1. The zero-order chi connectivity index (χ0) is 12.4. The fourth-order valence-corrected chi connectivity index (χ4v) is 2.49. The van der Waals surface area contributed by atoms with Crippen LogP contribution < -0.4 is 16.8 Å². The first-order chi connectivity index (χ1) is 8.06. The number of benzene rings is 1. The summed E-state index contributed by atoms with van der Waals surface area (Å²) in [6, 6.07) is 7.63. The Morgan fingerprint density at radius 2 is 2.17 bits per heavy atom. The van der Waals surface area contributed by atoms with Crippen LogP contribution in [0, 0.1) is 12.3 Å². The summed E-state index contributed by atoms with van der Waals surface area (Å²) in [6.07, 6.45) is 0. The second-order valence-electron chi connectivity index (χ2n) is 3.60. The highest BCUT2D eigenvalue weighted by Gasteiger charge is 2.10. The minimum absolute atomic E-state index is 0. The van der Waals surface area contributed by atoms with E-state index in [1.807, 2.05) is 31.2 Å². The quantitative estimate of drug-likeness (QED) is 0.386. The molecule has 0 fully saturated rings. The van der Waals surface area contributed by atoms with E-state index in [0.717, 1.165) is 21.8 Å². The lowest BCUT2D eigenvalue weighted by Gasteiger charge is -1.99. The van der Waals surface area contributed by atoms with Crippen molar-refractivity contribution < 1.29 is 0 Å². The highest BCUT2D eigenvalue weighted by Crippen LogP contribution is 2.33. The predicted molar refractivity (Wildman–Crippen MR) is 79.5 cm³/mol. The Hall–Kier alpha value is -1.79. The van der Waals surface area contributed by atoms with E-state index in [0.29, 0.717) is 5.13 Å². The molecule has 96 valence electrons. The maximum absolute atomic E-state index is 7.16. The Morgan fingerprint density at radius 1 is 1.44 bits per heavy atom. The molecule has 1 heterocycles. The maximum Gasteiger partial charge on any atom is 0.192 e. The Labute approximate surface area is 115 Å². The Morgan fingerprint density at radius 3 is 2.78 bits per heavy atom. The summed E-state index contributed by atoms with van der Waals surface area (Å²) in [7, 11) is 0. The molecular weight excluding hydrogens is 270 g/mol. The van der Waals surface area contributed by atoms with Crippen molar-refractivity contribution in [2.24, 2.45) is 5.73 Å². The van der Waals surface area contributed by atoms with Crippen molar-refractivity contribution >= 4 is 40.5 Å². The highest BCUT2D eigenvalue weighted by atomic mass is 35.5. The van der Waals surface area contributed by atoms with Crippen LogP contribution in [0.1, 0.15) is 5.69 Å². The molecule has 0 unspecified atom stereocenters. The van der Waals surface area contributed by atoms with Gasteiger partial charge in [-0.2, -0.15) is 0 Å². The molecule has 0 bridgehead atoms. The first-order valence-electron chi connectivity index (χ1n) is 5.00. The van der Waals surface area contributed by atoms with Crippen molar-refractivity contribution in [1.82, 2.24) is 4.98 Å². The highest BCUT2D eigenvalue weighted by molar-refractivity contribution is 7.19. The van der Waals surface area contributed by atoms with Crippen LogP contribution in [0.15, 0.2) is 24.3 Å². The summed E-state index contributed by atoms with van der Waals surface area (Å²) < 4.78 is 0. The maximum atomic E-state index is 7.16. The SMILES string of the molecule is Cc1nc(NC(=N)N)sc1-c1cccc(N)c1.Cl. The molecule has 0 saturated carbocycles. The molecule has 2 rings (SSSR count). The summed E-state index contributed by atoms with van der Waals surface area (Å²) in [4.78, 5) is 5.33. The van der Waals surface area contributed by atoms with Gasteiger partial charge in [0.1, 0.15) is 0 Å². The third-order valence-corrected chi connectivity index (χ3v) is 3.31. The van der Waals surface area contributed by atoms with Crippen LogP contribution >= 0.6 is 23.7 Å². The van der Waals surface area contributed by atoms with Crippen LogP contribution in [-0.2, 0) is 0 Å². The van der Waals surface area contributed by atoms with Crippen LogP contribution in [0.2, 0.25) is 0 Å². The van der Waals surface area contributed by atoms with Gasteiger partial charge >= 0.3 is 0 Å². The molecule has 2 aromatic rings. The number of nitrogens with one attached hydrogen (secondary N) is 2. The minimum atomic E-state index is -0.113. The molecular formula is C11H14ClN5S. The molecule has 1 aromatic heterocycles.